The van der Waals surface area contributed by atoms with E-state index >= 15 is 0 Å². The minimum Gasteiger partial charge on any atom is -0.493 e. The summed E-state index contributed by atoms with van der Waals surface area (Å²) in [5, 5.41) is 11.8. The zero-order valence-electron chi connectivity index (χ0n) is 27.1. The summed E-state index contributed by atoms with van der Waals surface area (Å²) in [5.74, 6) is 0.309. The molecule has 0 amide bonds. The van der Waals surface area contributed by atoms with E-state index in [1.165, 1.54) is 35.8 Å². The molecular weight excluding hydrogens is 634 g/mol. The number of methoxy groups -OCH3 is 2. The molecule has 0 unspecified atom stereocenters. The number of carbonyl (C=O) groups is 1. The van der Waals surface area contributed by atoms with Crippen molar-refractivity contribution < 1.29 is 28.8 Å². The number of thiazole rings is 1. The lowest BCUT2D eigenvalue weighted by Gasteiger charge is -2.32. The molecule has 0 saturated carbocycles. The van der Waals surface area contributed by atoms with Crippen LogP contribution in [0.4, 0.5) is 11.4 Å². The van der Waals surface area contributed by atoms with Gasteiger partial charge in [-0.2, -0.15) is 0 Å². The molecule has 1 saturated heterocycles. The fourth-order valence-corrected chi connectivity index (χ4v) is 7.10. The Labute approximate surface area is 280 Å². The Bertz CT molecular complexity index is 2080. The van der Waals surface area contributed by atoms with Gasteiger partial charge in [-0.15, -0.1) is 0 Å². The van der Waals surface area contributed by atoms with Crippen LogP contribution in [0.15, 0.2) is 82.1 Å². The van der Waals surface area contributed by atoms with Crippen molar-refractivity contribution in [2.75, 3.05) is 59.0 Å². The van der Waals surface area contributed by atoms with Gasteiger partial charge in [0.2, 0.25) is 0 Å². The maximum absolute atomic E-state index is 14.5. The quantitative estimate of drug-likeness (QED) is 0.163. The van der Waals surface area contributed by atoms with Gasteiger partial charge in [-0.05, 0) is 36.8 Å². The molecule has 6 rings (SSSR count). The third-order valence-electron chi connectivity index (χ3n) is 8.56. The molecule has 2 aliphatic heterocycles. The molecule has 1 N–H and O–H groups in total. The predicted octanol–water partition coefficient (Wildman–Crippen LogP) is 2.20. The molecule has 1 aromatic heterocycles. The Balaban J connectivity index is 1.62. The smallest absolute Gasteiger partial charge is 0.338 e. The van der Waals surface area contributed by atoms with E-state index in [9.17, 15) is 19.7 Å². The Morgan fingerprint density at radius 2 is 1.79 bits per heavy atom. The molecule has 48 heavy (non-hydrogen) atoms. The van der Waals surface area contributed by atoms with Crippen molar-refractivity contribution in [2.24, 2.45) is 4.99 Å². The van der Waals surface area contributed by atoms with E-state index in [0.29, 0.717) is 43.2 Å². The number of esters is 1. The minimum absolute atomic E-state index is 0.0725. The minimum atomic E-state index is -0.928. The van der Waals surface area contributed by atoms with Crippen molar-refractivity contribution in [3.8, 4) is 11.5 Å². The normalized spacial score (nSPS) is 16.7. The number of hydrogen-bond donors (Lipinski definition) is 1. The molecule has 1 fully saturated rings. The first kappa shape index (κ1) is 32.7. The van der Waals surface area contributed by atoms with Crippen LogP contribution in [0.3, 0.4) is 0 Å². The van der Waals surface area contributed by atoms with E-state index in [1.54, 1.807) is 37.3 Å². The Kier molecular flexibility index (Phi) is 9.42. The van der Waals surface area contributed by atoms with Gasteiger partial charge in [-0.1, -0.05) is 47.7 Å². The molecule has 0 bridgehead atoms. The van der Waals surface area contributed by atoms with Gasteiger partial charge in [0.25, 0.3) is 11.2 Å². The number of fused-ring (bicyclic) bond motifs is 1. The van der Waals surface area contributed by atoms with Gasteiger partial charge in [0.1, 0.15) is 0 Å². The molecule has 12 nitrogen and oxygen atoms in total. The second-order valence-electron chi connectivity index (χ2n) is 11.5. The molecule has 0 spiro atoms. The number of hydrogen-bond acceptors (Lipinski definition) is 10. The molecule has 3 heterocycles. The van der Waals surface area contributed by atoms with E-state index in [2.05, 4.69) is 11.9 Å². The summed E-state index contributed by atoms with van der Waals surface area (Å²) in [5.41, 5.74) is 2.76. The first-order valence-corrected chi connectivity index (χ1v) is 16.4. The number of anilines is 1. The molecule has 248 valence electrons. The molecule has 2 aliphatic rings. The first-order chi connectivity index (χ1) is 23.2. The number of nitro benzene ring substituents is 1. The Morgan fingerprint density at radius 1 is 1.06 bits per heavy atom. The highest BCUT2D eigenvalue weighted by molar-refractivity contribution is 7.07. The van der Waals surface area contributed by atoms with Gasteiger partial charge in [0.15, 0.2) is 16.3 Å². The largest absolute Gasteiger partial charge is 0.493 e. The van der Waals surface area contributed by atoms with Crippen molar-refractivity contribution >= 4 is 40.5 Å². The molecule has 0 aliphatic carbocycles. The van der Waals surface area contributed by atoms with E-state index < -0.39 is 22.5 Å². The van der Waals surface area contributed by atoms with Crippen molar-refractivity contribution in [3.05, 3.63) is 119 Å². The molecule has 13 heteroatoms. The second-order valence-corrected chi connectivity index (χ2v) is 12.5. The molecule has 0 radical (unpaired) electrons. The highest BCUT2D eigenvalue weighted by Gasteiger charge is 2.36. The highest BCUT2D eigenvalue weighted by Crippen LogP contribution is 2.38. The van der Waals surface area contributed by atoms with Gasteiger partial charge >= 0.3 is 5.97 Å². The van der Waals surface area contributed by atoms with Gasteiger partial charge in [0, 0.05) is 28.9 Å². The van der Waals surface area contributed by atoms with E-state index in [0.717, 1.165) is 43.2 Å². The summed E-state index contributed by atoms with van der Waals surface area (Å²) in [4.78, 5) is 48.6. The van der Waals surface area contributed by atoms with Gasteiger partial charge in [0.05, 0.1) is 80.8 Å². The zero-order valence-corrected chi connectivity index (χ0v) is 27.9. The van der Waals surface area contributed by atoms with Crippen LogP contribution >= 0.6 is 11.3 Å². The number of rotatable bonds is 9. The van der Waals surface area contributed by atoms with E-state index in [4.69, 9.17) is 19.2 Å². The van der Waals surface area contributed by atoms with Gasteiger partial charge in [-0.25, -0.2) is 9.79 Å². The van der Waals surface area contributed by atoms with Crippen LogP contribution in [0.5, 0.6) is 11.5 Å². The summed E-state index contributed by atoms with van der Waals surface area (Å²) in [6.45, 7) is 5.23. The maximum atomic E-state index is 14.5. The van der Waals surface area contributed by atoms with Crippen LogP contribution in [0.25, 0.3) is 11.8 Å². The summed E-state index contributed by atoms with van der Waals surface area (Å²) < 4.78 is 18.4. The fraction of sp³-hybridized carbons (Fsp3) is 0.286. The van der Waals surface area contributed by atoms with Crippen molar-refractivity contribution in [3.63, 3.8) is 0 Å². The zero-order chi connectivity index (χ0) is 33.9. The topological polar surface area (TPSA) is 130 Å². The third kappa shape index (κ3) is 6.21. The van der Waals surface area contributed by atoms with Crippen LogP contribution in [0.2, 0.25) is 0 Å². The lowest BCUT2D eigenvalue weighted by atomic mass is 9.93. The van der Waals surface area contributed by atoms with Gasteiger partial charge < -0.3 is 24.0 Å². The van der Waals surface area contributed by atoms with Crippen molar-refractivity contribution in [1.29, 1.82) is 0 Å². The van der Waals surface area contributed by atoms with Crippen LogP contribution in [0.1, 0.15) is 29.7 Å². The summed E-state index contributed by atoms with van der Waals surface area (Å²) in [7, 11) is 5.18. The number of piperazine rings is 1. The van der Waals surface area contributed by atoms with Crippen LogP contribution < -0.4 is 34.2 Å². The standard InChI is InChI=1S/C35H35N5O7S/c1-5-47-34(42)30-31(22-9-7-6-8-10-22)36-35-39(32(30)23-11-14-27(45-3)28(20-23)46-4)33(41)29(48-35)21-24-19-25(40(43)44)12-13-26(24)38-17-15-37(2)16-18-38/h6-14,19-21,32H,5,15-18H2,1-4H3/p+1/b29-21+/t32-/m0/s1. The third-order valence-corrected chi connectivity index (χ3v) is 9.55. The number of nitrogens with one attached hydrogen (secondary N) is 1. The number of carbonyl (C=O) groups excluding carboxylic acids is 1. The predicted molar refractivity (Wildman–Crippen MR) is 183 cm³/mol. The first-order valence-electron chi connectivity index (χ1n) is 15.6. The number of nitro groups is 1. The summed E-state index contributed by atoms with van der Waals surface area (Å²) >= 11 is 1.16. The molecule has 4 aromatic rings. The SMILES string of the molecule is CCOC(=O)C1=C(c2ccccc2)N=c2s/c(=C/c3cc([N+](=O)[O-])ccc3N3CC[NH+](C)CC3)c(=O)n2[C@H]1c1ccc(OC)c(OC)c1. The molecule has 1 atom stereocenters. The second kappa shape index (κ2) is 13.8. The maximum Gasteiger partial charge on any atom is 0.338 e. The van der Waals surface area contributed by atoms with E-state index in [1.807, 2.05) is 30.3 Å². The molecular formula is C35H36N5O7S+. The number of likely N-dealkylation sites (N-methyl/N-ethyl adjacent to an activating group) is 1. The highest BCUT2D eigenvalue weighted by atomic mass is 32.1. The Hall–Kier alpha value is -5.27. The number of ether oxygens (including phenoxy) is 3. The molecule has 3 aromatic carbocycles. The lowest BCUT2D eigenvalue weighted by molar-refractivity contribution is -0.880. The monoisotopic (exact) mass is 670 g/mol. The fourth-order valence-electron chi connectivity index (χ4n) is 6.11. The average Bonchev–Trinajstić information content (AvgIpc) is 3.41. The number of nitrogens with zero attached hydrogens (tertiary/aromatic N) is 4. The lowest BCUT2D eigenvalue weighted by Crippen LogP contribution is -3.12. The van der Waals surface area contributed by atoms with Crippen molar-refractivity contribution in [2.45, 2.75) is 13.0 Å². The Morgan fingerprint density at radius 3 is 2.46 bits per heavy atom. The number of quaternary nitrogens is 1. The van der Waals surface area contributed by atoms with Crippen LogP contribution in [-0.2, 0) is 9.53 Å². The average molecular weight is 671 g/mol. The summed E-state index contributed by atoms with van der Waals surface area (Å²) in [6.07, 6.45) is 1.69. The number of benzene rings is 3. The number of non-ortho nitro benzene ring substituents is 1. The van der Waals surface area contributed by atoms with Gasteiger partial charge in [-0.3, -0.25) is 19.5 Å². The van der Waals surface area contributed by atoms with E-state index in [-0.39, 0.29) is 17.9 Å². The van der Waals surface area contributed by atoms with Crippen LogP contribution in [0, 0.1) is 10.1 Å². The van der Waals surface area contributed by atoms with Crippen molar-refractivity contribution in [1.82, 2.24) is 4.57 Å². The van der Waals surface area contributed by atoms with Crippen LogP contribution in [-0.4, -0.2) is 69.5 Å². The summed E-state index contributed by atoms with van der Waals surface area (Å²) in [6, 6.07) is 18.3. The number of aromatic nitrogens is 1.